The lowest BCUT2D eigenvalue weighted by molar-refractivity contribution is 0.602. The van der Waals surface area contributed by atoms with Gasteiger partial charge in [-0.3, -0.25) is 0 Å². The SMILES string of the molecule is NCC1CCN(c2cc(Br)ccc2Br)C1. The fourth-order valence-corrected chi connectivity index (χ4v) is 2.82. The highest BCUT2D eigenvalue weighted by Crippen LogP contribution is 2.32. The molecule has 1 fully saturated rings. The summed E-state index contributed by atoms with van der Waals surface area (Å²) in [6.07, 6.45) is 1.20. The Bertz CT molecular complexity index is 354. The van der Waals surface area contributed by atoms with E-state index in [1.807, 2.05) is 6.07 Å². The number of anilines is 1. The van der Waals surface area contributed by atoms with Gasteiger partial charge in [-0.15, -0.1) is 0 Å². The molecule has 82 valence electrons. The third kappa shape index (κ3) is 2.55. The van der Waals surface area contributed by atoms with Crippen molar-refractivity contribution in [3.8, 4) is 0 Å². The number of benzene rings is 1. The zero-order valence-electron chi connectivity index (χ0n) is 8.42. The third-order valence-corrected chi connectivity index (χ3v) is 4.03. The summed E-state index contributed by atoms with van der Waals surface area (Å²) in [7, 11) is 0. The van der Waals surface area contributed by atoms with E-state index in [0.717, 1.165) is 28.6 Å². The summed E-state index contributed by atoms with van der Waals surface area (Å²) in [5.74, 6) is 0.649. The summed E-state index contributed by atoms with van der Waals surface area (Å²) in [5, 5.41) is 0. The summed E-state index contributed by atoms with van der Waals surface area (Å²) in [6, 6.07) is 6.28. The molecule has 1 unspecified atom stereocenters. The van der Waals surface area contributed by atoms with Crippen molar-refractivity contribution in [2.45, 2.75) is 6.42 Å². The Kier molecular flexibility index (Phi) is 3.69. The molecule has 2 rings (SSSR count). The van der Waals surface area contributed by atoms with Crippen molar-refractivity contribution in [1.29, 1.82) is 0 Å². The lowest BCUT2D eigenvalue weighted by atomic mass is 10.1. The lowest BCUT2D eigenvalue weighted by Gasteiger charge is -2.20. The normalized spacial score (nSPS) is 21.0. The minimum absolute atomic E-state index is 0.649. The molecule has 1 saturated heterocycles. The number of rotatable bonds is 2. The van der Waals surface area contributed by atoms with Crippen molar-refractivity contribution in [3.63, 3.8) is 0 Å². The number of nitrogens with zero attached hydrogens (tertiary/aromatic N) is 1. The summed E-state index contributed by atoms with van der Waals surface area (Å²) in [4.78, 5) is 2.40. The molecule has 0 amide bonds. The van der Waals surface area contributed by atoms with E-state index in [-0.39, 0.29) is 0 Å². The number of nitrogens with two attached hydrogens (primary N) is 1. The Labute approximate surface area is 107 Å². The Balaban J connectivity index is 2.19. The van der Waals surface area contributed by atoms with Gasteiger partial charge in [-0.05, 0) is 53.0 Å². The second-order valence-electron chi connectivity index (χ2n) is 3.93. The minimum atomic E-state index is 0.649. The first kappa shape index (κ1) is 11.4. The molecule has 1 aliphatic heterocycles. The molecule has 0 bridgehead atoms. The quantitative estimate of drug-likeness (QED) is 0.901. The molecular formula is C11H14Br2N2. The van der Waals surface area contributed by atoms with Gasteiger partial charge in [0.25, 0.3) is 0 Å². The Morgan fingerprint density at radius 1 is 1.40 bits per heavy atom. The van der Waals surface area contributed by atoms with E-state index in [1.165, 1.54) is 12.1 Å². The highest BCUT2D eigenvalue weighted by atomic mass is 79.9. The molecule has 0 aromatic heterocycles. The lowest BCUT2D eigenvalue weighted by Crippen LogP contribution is -2.22. The molecule has 4 heteroatoms. The summed E-state index contributed by atoms with van der Waals surface area (Å²) < 4.78 is 2.28. The maximum absolute atomic E-state index is 5.69. The molecule has 0 aliphatic carbocycles. The third-order valence-electron chi connectivity index (χ3n) is 2.87. The van der Waals surface area contributed by atoms with Crippen LogP contribution in [0.1, 0.15) is 6.42 Å². The highest BCUT2D eigenvalue weighted by molar-refractivity contribution is 9.11. The van der Waals surface area contributed by atoms with Crippen LogP contribution in [0.15, 0.2) is 27.1 Å². The van der Waals surface area contributed by atoms with Gasteiger partial charge in [0.05, 0.1) is 5.69 Å². The first-order valence-corrected chi connectivity index (χ1v) is 6.69. The monoisotopic (exact) mass is 332 g/mol. The number of hydrogen-bond donors (Lipinski definition) is 1. The fourth-order valence-electron chi connectivity index (χ4n) is 1.97. The molecule has 1 heterocycles. The largest absolute Gasteiger partial charge is 0.370 e. The van der Waals surface area contributed by atoms with E-state index in [9.17, 15) is 0 Å². The molecule has 1 aliphatic rings. The standard InChI is InChI=1S/C11H14Br2N2/c12-9-1-2-10(13)11(5-9)15-4-3-8(6-14)7-15/h1-2,5,8H,3-4,6-7,14H2. The van der Waals surface area contributed by atoms with Crippen LogP contribution < -0.4 is 10.6 Å². The van der Waals surface area contributed by atoms with Crippen molar-refractivity contribution >= 4 is 37.5 Å². The van der Waals surface area contributed by atoms with Crippen LogP contribution in [0.4, 0.5) is 5.69 Å². The second-order valence-corrected chi connectivity index (χ2v) is 5.70. The molecule has 1 atom stereocenters. The molecular weight excluding hydrogens is 320 g/mol. The van der Waals surface area contributed by atoms with E-state index in [4.69, 9.17) is 5.73 Å². The predicted octanol–water partition coefficient (Wildman–Crippen LogP) is 3.00. The summed E-state index contributed by atoms with van der Waals surface area (Å²) >= 11 is 7.09. The highest BCUT2D eigenvalue weighted by Gasteiger charge is 2.22. The summed E-state index contributed by atoms with van der Waals surface area (Å²) in [6.45, 7) is 2.98. The first-order chi connectivity index (χ1) is 7.20. The minimum Gasteiger partial charge on any atom is -0.370 e. The van der Waals surface area contributed by atoms with E-state index in [2.05, 4.69) is 48.9 Å². The molecule has 15 heavy (non-hydrogen) atoms. The topological polar surface area (TPSA) is 29.3 Å². The Hall–Kier alpha value is -0.0600. The van der Waals surface area contributed by atoms with Crippen LogP contribution in [0.5, 0.6) is 0 Å². The van der Waals surface area contributed by atoms with Gasteiger partial charge >= 0.3 is 0 Å². The average Bonchev–Trinajstić information content (AvgIpc) is 2.70. The van der Waals surface area contributed by atoms with E-state index >= 15 is 0 Å². The van der Waals surface area contributed by atoms with E-state index < -0.39 is 0 Å². The smallest absolute Gasteiger partial charge is 0.0522 e. The molecule has 0 radical (unpaired) electrons. The van der Waals surface area contributed by atoms with Crippen molar-refractivity contribution < 1.29 is 0 Å². The van der Waals surface area contributed by atoms with Crippen molar-refractivity contribution in [1.82, 2.24) is 0 Å². The average molecular weight is 334 g/mol. The molecule has 1 aromatic rings. The van der Waals surface area contributed by atoms with Crippen LogP contribution >= 0.6 is 31.9 Å². The van der Waals surface area contributed by atoms with Gasteiger partial charge in [0.2, 0.25) is 0 Å². The first-order valence-electron chi connectivity index (χ1n) is 5.11. The number of halogens is 2. The molecule has 2 nitrogen and oxygen atoms in total. The zero-order chi connectivity index (χ0) is 10.8. The van der Waals surface area contributed by atoms with Gasteiger partial charge in [-0.1, -0.05) is 15.9 Å². The Morgan fingerprint density at radius 3 is 2.87 bits per heavy atom. The van der Waals surface area contributed by atoms with Crippen molar-refractivity contribution in [2.75, 3.05) is 24.5 Å². The van der Waals surface area contributed by atoms with Crippen LogP contribution in [0.2, 0.25) is 0 Å². The maximum Gasteiger partial charge on any atom is 0.0522 e. The predicted molar refractivity (Wildman–Crippen MR) is 71.2 cm³/mol. The van der Waals surface area contributed by atoms with Gasteiger partial charge in [-0.2, -0.15) is 0 Å². The van der Waals surface area contributed by atoms with Crippen LogP contribution in [-0.4, -0.2) is 19.6 Å². The summed E-state index contributed by atoms with van der Waals surface area (Å²) in [5.41, 5.74) is 6.96. The second kappa shape index (κ2) is 4.85. The van der Waals surface area contributed by atoms with Gasteiger partial charge in [0, 0.05) is 22.0 Å². The van der Waals surface area contributed by atoms with E-state index in [1.54, 1.807) is 0 Å². The van der Waals surface area contributed by atoms with E-state index in [0.29, 0.717) is 5.92 Å². The van der Waals surface area contributed by atoms with Crippen LogP contribution in [0.3, 0.4) is 0 Å². The van der Waals surface area contributed by atoms with Gasteiger partial charge in [0.1, 0.15) is 0 Å². The van der Waals surface area contributed by atoms with Gasteiger partial charge in [-0.25, -0.2) is 0 Å². The van der Waals surface area contributed by atoms with Gasteiger partial charge in [0.15, 0.2) is 0 Å². The molecule has 1 aromatic carbocycles. The van der Waals surface area contributed by atoms with Crippen LogP contribution in [-0.2, 0) is 0 Å². The van der Waals surface area contributed by atoms with Crippen molar-refractivity contribution in [2.24, 2.45) is 11.7 Å². The fraction of sp³-hybridized carbons (Fsp3) is 0.455. The molecule has 0 spiro atoms. The number of hydrogen-bond acceptors (Lipinski definition) is 2. The molecule has 2 N–H and O–H groups in total. The maximum atomic E-state index is 5.69. The van der Waals surface area contributed by atoms with Crippen LogP contribution in [0, 0.1) is 5.92 Å². The zero-order valence-corrected chi connectivity index (χ0v) is 11.6. The molecule has 0 saturated carbocycles. The van der Waals surface area contributed by atoms with Crippen molar-refractivity contribution in [3.05, 3.63) is 27.1 Å². The van der Waals surface area contributed by atoms with Gasteiger partial charge < -0.3 is 10.6 Å². The van der Waals surface area contributed by atoms with Crippen LogP contribution in [0.25, 0.3) is 0 Å². The Morgan fingerprint density at radius 2 is 2.20 bits per heavy atom.